The Kier molecular flexibility index (Phi) is 5.38. The second kappa shape index (κ2) is 7.82. The fourth-order valence-corrected chi connectivity index (χ4v) is 5.49. The van der Waals surface area contributed by atoms with Gasteiger partial charge in [-0.15, -0.1) is 0 Å². The first kappa shape index (κ1) is 19.9. The minimum absolute atomic E-state index is 0.0369. The van der Waals surface area contributed by atoms with Gasteiger partial charge in [-0.1, -0.05) is 29.8 Å². The standard InChI is InChI=1S/C21H21ClN2O4S/c1-14(19-12-15-6-2-3-7-18(15)28-19)23-21(25)16-8-9-17(22)20(13-16)29(26,27)24-10-4-5-11-24/h2-3,6-9,12-14H,4-5,10-11H2,1H3,(H,23,25)/t14-/m0/s1. The van der Waals surface area contributed by atoms with Gasteiger partial charge in [0, 0.05) is 24.0 Å². The molecule has 2 heterocycles. The number of hydrogen-bond acceptors (Lipinski definition) is 4. The van der Waals surface area contributed by atoms with Crippen molar-refractivity contribution in [3.63, 3.8) is 0 Å². The van der Waals surface area contributed by atoms with Crippen LogP contribution in [0.15, 0.2) is 57.8 Å². The minimum Gasteiger partial charge on any atom is -0.459 e. The summed E-state index contributed by atoms with van der Waals surface area (Å²) in [6, 6.07) is 13.4. The van der Waals surface area contributed by atoms with E-state index in [0.29, 0.717) is 18.8 Å². The second-order valence-corrected chi connectivity index (χ2v) is 9.45. The van der Waals surface area contributed by atoms with Gasteiger partial charge < -0.3 is 9.73 Å². The van der Waals surface area contributed by atoms with E-state index in [1.165, 1.54) is 22.5 Å². The molecule has 0 spiro atoms. The van der Waals surface area contributed by atoms with Gasteiger partial charge in [-0.05, 0) is 50.1 Å². The molecule has 1 N–H and O–H groups in total. The van der Waals surface area contributed by atoms with E-state index < -0.39 is 15.9 Å². The van der Waals surface area contributed by atoms with Crippen molar-refractivity contribution in [3.05, 3.63) is 64.9 Å². The van der Waals surface area contributed by atoms with Crippen LogP contribution in [-0.2, 0) is 10.0 Å². The number of sulfonamides is 1. The van der Waals surface area contributed by atoms with Crippen molar-refractivity contribution in [2.24, 2.45) is 0 Å². The van der Waals surface area contributed by atoms with Gasteiger partial charge in [-0.2, -0.15) is 4.31 Å². The molecule has 3 aromatic rings. The molecule has 1 fully saturated rings. The third-order valence-corrected chi connectivity index (χ3v) is 7.48. The molecule has 0 bridgehead atoms. The van der Waals surface area contributed by atoms with Crippen LogP contribution in [0, 0.1) is 0 Å². The number of nitrogens with zero attached hydrogens (tertiary/aromatic N) is 1. The van der Waals surface area contributed by atoms with Gasteiger partial charge in [0.15, 0.2) is 0 Å². The van der Waals surface area contributed by atoms with Crippen LogP contribution in [0.5, 0.6) is 0 Å². The van der Waals surface area contributed by atoms with Crippen molar-refractivity contribution < 1.29 is 17.6 Å². The largest absolute Gasteiger partial charge is 0.459 e. The van der Waals surface area contributed by atoms with Crippen LogP contribution in [0.2, 0.25) is 5.02 Å². The number of furan rings is 1. The van der Waals surface area contributed by atoms with E-state index in [-0.39, 0.29) is 21.5 Å². The lowest BCUT2D eigenvalue weighted by atomic mass is 10.1. The van der Waals surface area contributed by atoms with Gasteiger partial charge in [-0.25, -0.2) is 8.42 Å². The number of amides is 1. The van der Waals surface area contributed by atoms with Gasteiger partial charge >= 0.3 is 0 Å². The zero-order valence-corrected chi connectivity index (χ0v) is 17.5. The number of para-hydroxylation sites is 1. The fraction of sp³-hybridized carbons (Fsp3) is 0.286. The average molecular weight is 433 g/mol. The summed E-state index contributed by atoms with van der Waals surface area (Å²) in [5.74, 6) is 0.228. The number of nitrogens with one attached hydrogen (secondary N) is 1. The van der Waals surface area contributed by atoms with Crippen molar-refractivity contribution in [1.82, 2.24) is 9.62 Å². The van der Waals surface area contributed by atoms with E-state index >= 15 is 0 Å². The Morgan fingerprint density at radius 3 is 2.59 bits per heavy atom. The van der Waals surface area contributed by atoms with Crippen LogP contribution >= 0.6 is 11.6 Å². The molecule has 1 saturated heterocycles. The molecule has 0 aliphatic carbocycles. The van der Waals surface area contributed by atoms with E-state index in [9.17, 15) is 13.2 Å². The molecule has 0 unspecified atom stereocenters. The molecule has 1 aromatic heterocycles. The summed E-state index contributed by atoms with van der Waals surface area (Å²) in [5.41, 5.74) is 0.976. The van der Waals surface area contributed by atoms with E-state index in [0.717, 1.165) is 23.8 Å². The van der Waals surface area contributed by atoms with Crippen molar-refractivity contribution in [3.8, 4) is 0 Å². The highest BCUT2D eigenvalue weighted by Crippen LogP contribution is 2.29. The Bertz CT molecular complexity index is 1130. The molecule has 152 valence electrons. The third-order valence-electron chi connectivity index (χ3n) is 5.10. The Morgan fingerprint density at radius 2 is 1.86 bits per heavy atom. The summed E-state index contributed by atoms with van der Waals surface area (Å²) in [4.78, 5) is 12.7. The maximum atomic E-state index is 12.9. The maximum Gasteiger partial charge on any atom is 0.251 e. The number of benzene rings is 2. The number of hydrogen-bond donors (Lipinski definition) is 1. The van der Waals surface area contributed by atoms with Crippen LogP contribution in [-0.4, -0.2) is 31.7 Å². The van der Waals surface area contributed by atoms with Crippen molar-refractivity contribution >= 4 is 38.5 Å². The van der Waals surface area contributed by atoms with Crippen molar-refractivity contribution in [2.45, 2.75) is 30.7 Å². The molecule has 1 amide bonds. The summed E-state index contributed by atoms with van der Waals surface area (Å²) in [7, 11) is -3.72. The lowest BCUT2D eigenvalue weighted by molar-refractivity contribution is 0.0935. The molecule has 1 aliphatic rings. The molecule has 2 aromatic carbocycles. The predicted molar refractivity (Wildman–Crippen MR) is 112 cm³/mol. The molecule has 4 rings (SSSR count). The first-order chi connectivity index (χ1) is 13.9. The summed E-state index contributed by atoms with van der Waals surface area (Å²) >= 11 is 6.16. The van der Waals surface area contributed by atoms with Crippen molar-refractivity contribution in [1.29, 1.82) is 0 Å². The fourth-order valence-electron chi connectivity index (χ4n) is 3.48. The highest BCUT2D eigenvalue weighted by Gasteiger charge is 2.30. The predicted octanol–water partition coefficient (Wildman–Crippen LogP) is 4.36. The first-order valence-electron chi connectivity index (χ1n) is 9.45. The number of halogens is 1. The molecule has 0 saturated carbocycles. The monoisotopic (exact) mass is 432 g/mol. The Labute approximate surface area is 174 Å². The second-order valence-electron chi connectivity index (χ2n) is 7.14. The van der Waals surface area contributed by atoms with Gasteiger partial charge in [-0.3, -0.25) is 4.79 Å². The van der Waals surface area contributed by atoms with Crippen LogP contribution in [0.1, 0.15) is 41.9 Å². The first-order valence-corrected chi connectivity index (χ1v) is 11.3. The zero-order valence-electron chi connectivity index (χ0n) is 15.9. The van der Waals surface area contributed by atoms with Crippen LogP contribution < -0.4 is 5.32 Å². The van der Waals surface area contributed by atoms with Gasteiger partial charge in [0.25, 0.3) is 5.91 Å². The maximum absolute atomic E-state index is 12.9. The summed E-state index contributed by atoms with van der Waals surface area (Å²) in [6.45, 7) is 2.75. The molecular weight excluding hydrogens is 412 g/mol. The third kappa shape index (κ3) is 3.90. The zero-order chi connectivity index (χ0) is 20.6. The lowest BCUT2D eigenvalue weighted by Crippen LogP contribution is -2.29. The average Bonchev–Trinajstić information content (AvgIpc) is 3.38. The highest BCUT2D eigenvalue weighted by atomic mass is 35.5. The van der Waals surface area contributed by atoms with Gasteiger partial charge in [0.2, 0.25) is 10.0 Å². The van der Waals surface area contributed by atoms with E-state index in [1.54, 1.807) is 0 Å². The van der Waals surface area contributed by atoms with Crippen LogP contribution in [0.25, 0.3) is 11.0 Å². The number of fused-ring (bicyclic) bond motifs is 1. The molecular formula is C21H21ClN2O4S. The van der Waals surface area contributed by atoms with E-state index in [4.69, 9.17) is 16.0 Å². The lowest BCUT2D eigenvalue weighted by Gasteiger charge is -2.17. The topological polar surface area (TPSA) is 79.6 Å². The Hall–Kier alpha value is -2.35. The summed E-state index contributed by atoms with van der Waals surface area (Å²) < 4.78 is 32.9. The highest BCUT2D eigenvalue weighted by molar-refractivity contribution is 7.89. The molecule has 0 radical (unpaired) electrons. The Morgan fingerprint density at radius 1 is 1.14 bits per heavy atom. The quantitative estimate of drug-likeness (QED) is 0.649. The molecule has 1 atom stereocenters. The normalized spacial score (nSPS) is 16.2. The number of carbonyl (C=O) groups is 1. The van der Waals surface area contributed by atoms with Crippen LogP contribution in [0.4, 0.5) is 0 Å². The molecule has 8 heteroatoms. The summed E-state index contributed by atoms with van der Waals surface area (Å²) in [5, 5.41) is 3.92. The van der Waals surface area contributed by atoms with E-state index in [1.807, 2.05) is 37.3 Å². The minimum atomic E-state index is -3.72. The summed E-state index contributed by atoms with van der Waals surface area (Å²) in [6.07, 6.45) is 1.65. The molecule has 6 nitrogen and oxygen atoms in total. The van der Waals surface area contributed by atoms with Gasteiger partial charge in [0.05, 0.1) is 11.1 Å². The van der Waals surface area contributed by atoms with Crippen LogP contribution in [0.3, 0.4) is 0 Å². The molecule has 29 heavy (non-hydrogen) atoms. The SMILES string of the molecule is C[C@H](NC(=O)c1ccc(Cl)c(S(=O)(=O)N2CCCC2)c1)c1cc2ccccc2o1. The smallest absolute Gasteiger partial charge is 0.251 e. The number of carbonyl (C=O) groups excluding carboxylic acids is 1. The van der Waals surface area contributed by atoms with Gasteiger partial charge in [0.1, 0.15) is 16.2 Å². The van der Waals surface area contributed by atoms with E-state index in [2.05, 4.69) is 5.32 Å². The van der Waals surface area contributed by atoms with Crippen molar-refractivity contribution in [2.75, 3.05) is 13.1 Å². The Balaban J connectivity index is 1.57. The molecule has 1 aliphatic heterocycles. The number of rotatable bonds is 5.